The van der Waals surface area contributed by atoms with Crippen LogP contribution in [0.15, 0.2) is 47.3 Å². The number of aliphatic hydroxyl groups excluding tert-OH is 1. The molecule has 0 radical (unpaired) electrons. The Morgan fingerprint density at radius 1 is 1.20 bits per heavy atom. The van der Waals surface area contributed by atoms with Crippen LogP contribution < -0.4 is 0 Å². The molecule has 1 aliphatic carbocycles. The van der Waals surface area contributed by atoms with Crippen LogP contribution in [0.3, 0.4) is 0 Å². The Morgan fingerprint density at radius 3 is 2.55 bits per heavy atom. The van der Waals surface area contributed by atoms with Gasteiger partial charge in [0.2, 0.25) is 0 Å². The fraction of sp³-hybridized carbons (Fsp3) is 0.500. The molecule has 0 spiro atoms. The van der Waals surface area contributed by atoms with Crippen molar-refractivity contribution in [1.29, 1.82) is 0 Å². The molecule has 1 N–H and O–H groups in total. The van der Waals surface area contributed by atoms with Crippen molar-refractivity contribution in [1.82, 2.24) is 0 Å². The minimum Gasteiger partial charge on any atom is -0.388 e. The fourth-order valence-corrected chi connectivity index (χ4v) is 3.38. The summed E-state index contributed by atoms with van der Waals surface area (Å²) in [7, 11) is -1.22. The standard InChI is InChI=1S/C18H26OSi/c1-20(2,3)14-13-15-9-7-8-12-17(15)18(19)16-10-5-4-6-11-16/h4-6,10-11,14,17-19H,7-9,12H2,1-3H3/t13?,17-,18?/m1/s1. The van der Waals surface area contributed by atoms with Crippen LogP contribution in [0.1, 0.15) is 37.4 Å². The monoisotopic (exact) mass is 286 g/mol. The van der Waals surface area contributed by atoms with E-state index in [1.54, 1.807) is 0 Å². The highest BCUT2D eigenvalue weighted by atomic mass is 28.3. The quantitative estimate of drug-likeness (QED) is 0.621. The summed E-state index contributed by atoms with van der Waals surface area (Å²) in [5.74, 6) is 0.249. The summed E-state index contributed by atoms with van der Waals surface area (Å²) in [6.45, 7) is 6.98. The Balaban J connectivity index is 2.26. The van der Waals surface area contributed by atoms with Crippen LogP contribution in [0, 0.1) is 5.92 Å². The predicted molar refractivity (Wildman–Crippen MR) is 88.3 cm³/mol. The largest absolute Gasteiger partial charge is 0.388 e. The van der Waals surface area contributed by atoms with Crippen molar-refractivity contribution in [3.8, 4) is 0 Å². The smallest absolute Gasteiger partial charge is 0.0861 e. The first kappa shape index (κ1) is 15.3. The lowest BCUT2D eigenvalue weighted by atomic mass is 9.79. The molecule has 1 unspecified atom stereocenters. The van der Waals surface area contributed by atoms with Gasteiger partial charge in [0, 0.05) is 5.92 Å². The molecule has 1 aromatic rings. The van der Waals surface area contributed by atoms with Gasteiger partial charge in [-0.15, -0.1) is 5.73 Å². The predicted octanol–water partition coefficient (Wildman–Crippen LogP) is 4.87. The molecule has 1 aromatic carbocycles. The molecule has 0 heterocycles. The molecule has 1 aliphatic rings. The van der Waals surface area contributed by atoms with E-state index in [1.807, 2.05) is 30.3 Å². The van der Waals surface area contributed by atoms with Gasteiger partial charge in [-0.2, -0.15) is 0 Å². The highest BCUT2D eigenvalue weighted by Crippen LogP contribution is 2.37. The van der Waals surface area contributed by atoms with E-state index in [9.17, 15) is 5.11 Å². The lowest BCUT2D eigenvalue weighted by Gasteiger charge is -2.29. The van der Waals surface area contributed by atoms with E-state index in [0.29, 0.717) is 0 Å². The Bertz CT molecular complexity index is 492. The lowest BCUT2D eigenvalue weighted by molar-refractivity contribution is 0.112. The maximum absolute atomic E-state index is 10.7. The third-order valence-electron chi connectivity index (χ3n) is 3.87. The van der Waals surface area contributed by atoms with Gasteiger partial charge < -0.3 is 5.11 Å². The molecular formula is C18H26OSi. The van der Waals surface area contributed by atoms with Gasteiger partial charge in [0.1, 0.15) is 0 Å². The van der Waals surface area contributed by atoms with Gasteiger partial charge >= 0.3 is 0 Å². The first-order valence-electron chi connectivity index (χ1n) is 7.67. The number of benzene rings is 1. The highest BCUT2D eigenvalue weighted by Gasteiger charge is 2.27. The summed E-state index contributed by atoms with van der Waals surface area (Å²) in [6.07, 6.45) is 4.24. The summed E-state index contributed by atoms with van der Waals surface area (Å²) in [5.41, 5.74) is 8.21. The third-order valence-corrected chi connectivity index (χ3v) is 4.88. The lowest BCUT2D eigenvalue weighted by Crippen LogP contribution is -2.19. The van der Waals surface area contributed by atoms with Gasteiger partial charge in [0.25, 0.3) is 0 Å². The SMILES string of the molecule is C[Si](C)(C)C=C=C1CCCC[C@H]1C(O)c1ccccc1. The molecule has 20 heavy (non-hydrogen) atoms. The number of hydrogen-bond acceptors (Lipinski definition) is 1. The Morgan fingerprint density at radius 2 is 1.90 bits per heavy atom. The molecule has 0 saturated heterocycles. The van der Waals surface area contributed by atoms with Crippen LogP contribution in [0.25, 0.3) is 0 Å². The van der Waals surface area contributed by atoms with Crippen molar-refractivity contribution in [2.24, 2.45) is 5.92 Å². The highest BCUT2D eigenvalue weighted by molar-refractivity contribution is 6.80. The molecule has 2 rings (SSSR count). The number of rotatable bonds is 3. The van der Waals surface area contributed by atoms with Crippen molar-refractivity contribution >= 4 is 8.07 Å². The van der Waals surface area contributed by atoms with Gasteiger partial charge in [-0.25, -0.2) is 0 Å². The summed E-state index contributed by atoms with van der Waals surface area (Å²) in [6, 6.07) is 10.1. The zero-order chi connectivity index (χ0) is 14.6. The number of aliphatic hydroxyl groups is 1. The fourth-order valence-electron chi connectivity index (χ4n) is 2.76. The second kappa shape index (κ2) is 6.58. The molecule has 1 fully saturated rings. The molecule has 2 heteroatoms. The minimum atomic E-state index is -1.22. The van der Waals surface area contributed by atoms with Crippen LogP contribution in [0.4, 0.5) is 0 Å². The average Bonchev–Trinajstić information content (AvgIpc) is 2.45. The molecule has 108 valence electrons. The van der Waals surface area contributed by atoms with Crippen molar-refractivity contribution in [2.75, 3.05) is 0 Å². The number of hydrogen-bond donors (Lipinski definition) is 1. The van der Waals surface area contributed by atoms with Crippen LogP contribution in [0.2, 0.25) is 19.6 Å². The van der Waals surface area contributed by atoms with Crippen LogP contribution >= 0.6 is 0 Å². The first-order valence-corrected chi connectivity index (χ1v) is 11.2. The van der Waals surface area contributed by atoms with Crippen molar-refractivity contribution in [3.05, 3.63) is 52.9 Å². The van der Waals surface area contributed by atoms with Crippen LogP contribution in [0.5, 0.6) is 0 Å². The van der Waals surface area contributed by atoms with Crippen molar-refractivity contribution in [3.63, 3.8) is 0 Å². The maximum atomic E-state index is 10.7. The average molecular weight is 286 g/mol. The van der Waals surface area contributed by atoms with E-state index in [4.69, 9.17) is 0 Å². The molecule has 0 aromatic heterocycles. The summed E-state index contributed by atoms with van der Waals surface area (Å²) in [4.78, 5) is 0. The second-order valence-electron chi connectivity index (χ2n) is 6.89. The Kier molecular flexibility index (Phi) is 5.04. The third kappa shape index (κ3) is 4.21. The molecule has 1 nitrogen and oxygen atoms in total. The van der Waals surface area contributed by atoms with E-state index >= 15 is 0 Å². The van der Waals surface area contributed by atoms with Crippen molar-refractivity contribution < 1.29 is 5.11 Å². The molecule has 0 bridgehead atoms. The molecule has 1 saturated carbocycles. The van der Waals surface area contributed by atoms with E-state index in [0.717, 1.165) is 18.4 Å². The Labute approximate surface area is 124 Å². The normalized spacial score (nSPS) is 21.2. The van der Waals surface area contributed by atoms with E-state index in [2.05, 4.69) is 31.1 Å². The second-order valence-corrected chi connectivity index (χ2v) is 11.9. The summed E-state index contributed by atoms with van der Waals surface area (Å²) in [5, 5.41) is 10.7. The van der Waals surface area contributed by atoms with Crippen molar-refractivity contribution in [2.45, 2.75) is 51.4 Å². The van der Waals surface area contributed by atoms with E-state index in [1.165, 1.54) is 18.4 Å². The van der Waals surface area contributed by atoms with Gasteiger partial charge in [-0.3, -0.25) is 0 Å². The zero-order valence-electron chi connectivity index (χ0n) is 12.9. The Hall–Kier alpha value is -1.08. The van der Waals surface area contributed by atoms with E-state index in [-0.39, 0.29) is 12.0 Å². The minimum absolute atomic E-state index is 0.249. The molecule has 0 amide bonds. The van der Waals surface area contributed by atoms with Gasteiger partial charge in [-0.05, 0) is 30.4 Å². The van der Waals surface area contributed by atoms with Crippen LogP contribution in [-0.4, -0.2) is 13.2 Å². The van der Waals surface area contributed by atoms with Gasteiger partial charge in [0.05, 0.1) is 14.2 Å². The molecule has 0 aliphatic heterocycles. The van der Waals surface area contributed by atoms with E-state index < -0.39 is 8.07 Å². The maximum Gasteiger partial charge on any atom is 0.0861 e. The summed E-state index contributed by atoms with van der Waals surface area (Å²) < 4.78 is 0. The first-order chi connectivity index (χ1) is 9.47. The van der Waals surface area contributed by atoms with Gasteiger partial charge in [0.15, 0.2) is 0 Å². The zero-order valence-corrected chi connectivity index (χ0v) is 13.9. The molecule has 2 atom stereocenters. The summed E-state index contributed by atoms with van der Waals surface area (Å²) >= 11 is 0. The van der Waals surface area contributed by atoms with Crippen LogP contribution in [-0.2, 0) is 0 Å². The molecular weight excluding hydrogens is 260 g/mol. The topological polar surface area (TPSA) is 20.2 Å². The van der Waals surface area contributed by atoms with Gasteiger partial charge in [-0.1, -0.05) is 62.1 Å².